The number of carboxylic acid groups (broad SMARTS) is 1. The summed E-state index contributed by atoms with van der Waals surface area (Å²) in [4.78, 5) is 76.4. The van der Waals surface area contributed by atoms with Crippen LogP contribution in [-0.2, 0) is 14.3 Å². The number of H-pyrrole nitrogens is 2. The van der Waals surface area contributed by atoms with Crippen molar-refractivity contribution in [3.05, 3.63) is 119 Å². The topological polar surface area (TPSA) is 192 Å². The number of rotatable bonds is 14. The Hall–Kier alpha value is -7.24. The monoisotopic (exact) mass is 1030 g/mol. The summed E-state index contributed by atoms with van der Waals surface area (Å²) >= 11 is 0. The molecule has 0 unspecified atom stereocenters. The Labute approximate surface area is 435 Å². The summed E-state index contributed by atoms with van der Waals surface area (Å²) in [6.07, 6.45) is 3.88. The predicted molar refractivity (Wildman–Crippen MR) is 282 cm³/mol. The van der Waals surface area contributed by atoms with Crippen molar-refractivity contribution in [2.45, 2.75) is 128 Å². The average Bonchev–Trinajstić information content (AvgIpc) is 4.26. The maximum absolute atomic E-state index is 16.8. The van der Waals surface area contributed by atoms with Gasteiger partial charge in [0.2, 0.25) is 11.8 Å². The van der Waals surface area contributed by atoms with Crippen LogP contribution in [-0.4, -0.2) is 104 Å². The number of aromatic amines is 2. The number of imidazole rings is 2. The maximum atomic E-state index is 16.8. The number of hydrogen-bond donors (Lipinski definition) is 5. The maximum Gasteiger partial charge on any atom is 0.407 e. The second kappa shape index (κ2) is 21.5. The molecule has 5 N–H and O–H groups in total. The fraction of sp³-hybridized carbons (Fsp3) is 0.474. The standard InChI is InChI=1S/C57H68F2N10O6/c1-6-75-57(74)65-50(33(4)5)55(71)68-25-11-15-48(68)53-61-42-19-17-37(29-44(42)63-53)46-21-20-45(69(46)38-30-39(58)51(40(59)31-38)66-26-22-35(23-27-66)34-12-8-7-9-13-34)36-16-18-41-43(28-36)62-52(60-41)47-14-10-24-67(47)54(70)49(32(2)3)64-56(72)73/h7-9,12-13,16-19,28-33,35,45-50,64H,6,10-11,14-15,20-27H2,1-5H3,(H,60,62)(H,61,63)(H,65,74)(H,72,73)/t45-,46-,47+,48+,49+,50+/m1/s1. The number of likely N-dealkylation sites (tertiary alicyclic amines) is 2. The molecule has 6 atom stereocenters. The number of alkyl carbamates (subject to hydrolysis) is 1. The van der Waals surface area contributed by atoms with E-state index in [1.807, 2.05) is 81.1 Å². The Morgan fingerprint density at radius 3 is 1.64 bits per heavy atom. The van der Waals surface area contributed by atoms with Crippen LogP contribution < -0.4 is 20.4 Å². The number of fused-ring (bicyclic) bond motifs is 2. The van der Waals surface area contributed by atoms with Gasteiger partial charge in [-0.25, -0.2) is 28.3 Å². The number of nitrogens with one attached hydrogen (secondary N) is 4. The van der Waals surface area contributed by atoms with Crippen molar-refractivity contribution in [2.24, 2.45) is 11.8 Å². The molecule has 18 heteroatoms. The van der Waals surface area contributed by atoms with Crippen LogP contribution in [0.25, 0.3) is 22.1 Å². The average molecular weight is 1030 g/mol. The first-order valence-electron chi connectivity index (χ1n) is 26.8. The number of hydrogen-bond acceptors (Lipinski definition) is 9. The van der Waals surface area contributed by atoms with E-state index in [1.54, 1.807) is 16.7 Å². The summed E-state index contributed by atoms with van der Waals surface area (Å²) in [6.45, 7) is 11.4. The summed E-state index contributed by atoms with van der Waals surface area (Å²) in [5.41, 5.74) is 6.45. The molecule has 0 bridgehead atoms. The third kappa shape index (κ3) is 10.3. The minimum atomic E-state index is -1.25. The van der Waals surface area contributed by atoms with Crippen molar-refractivity contribution < 1.29 is 37.8 Å². The molecular formula is C57H68F2N10O6. The molecule has 16 nitrogen and oxygen atoms in total. The summed E-state index contributed by atoms with van der Waals surface area (Å²) in [6, 6.07) is 22.3. The van der Waals surface area contributed by atoms with Crippen LogP contribution in [0.4, 0.5) is 29.7 Å². The SMILES string of the molecule is CCOC(=O)N[C@H](C(=O)N1CCC[C@H]1c1nc2ccc([C@H]3CC[C@H](c4ccc5nc([C@@H]6CCCN6C(=O)[C@@H](NC(=O)O)C(C)C)[nH]c5c4)N3c3cc(F)c(N4CCC(c5ccccc5)CC4)c(F)c3)cc2[nH]1)C(C)C. The number of anilines is 2. The first-order chi connectivity index (χ1) is 36.2. The lowest BCUT2D eigenvalue weighted by molar-refractivity contribution is -0.136. The Morgan fingerprint density at radius 1 is 0.653 bits per heavy atom. The van der Waals surface area contributed by atoms with Gasteiger partial charge < -0.3 is 50.0 Å². The lowest BCUT2D eigenvalue weighted by Gasteiger charge is -2.36. The van der Waals surface area contributed by atoms with Crippen LogP contribution in [0.5, 0.6) is 0 Å². The van der Waals surface area contributed by atoms with Crippen LogP contribution >= 0.6 is 0 Å². The number of carbonyl (C=O) groups is 4. The fourth-order valence-corrected chi connectivity index (χ4v) is 12.3. The van der Waals surface area contributed by atoms with Crippen molar-refractivity contribution in [2.75, 3.05) is 42.6 Å². The molecule has 4 amide bonds. The Balaban J connectivity index is 0.963. The van der Waals surface area contributed by atoms with E-state index in [-0.39, 0.29) is 60.1 Å². The highest BCUT2D eigenvalue weighted by atomic mass is 19.1. The second-order valence-electron chi connectivity index (χ2n) is 21.4. The van der Waals surface area contributed by atoms with Gasteiger partial charge in [-0.15, -0.1) is 0 Å². The van der Waals surface area contributed by atoms with E-state index in [9.17, 15) is 24.3 Å². The highest BCUT2D eigenvalue weighted by Gasteiger charge is 2.41. The van der Waals surface area contributed by atoms with E-state index in [0.29, 0.717) is 80.6 Å². The van der Waals surface area contributed by atoms with Crippen LogP contribution in [0.1, 0.15) is 144 Å². The van der Waals surface area contributed by atoms with Gasteiger partial charge >= 0.3 is 12.2 Å². The zero-order chi connectivity index (χ0) is 52.7. The van der Waals surface area contributed by atoms with Gasteiger partial charge in [-0.3, -0.25) is 9.59 Å². The molecule has 4 fully saturated rings. The molecule has 10 rings (SSSR count). The van der Waals surface area contributed by atoms with Crippen molar-refractivity contribution in [1.82, 2.24) is 40.4 Å². The zero-order valence-corrected chi connectivity index (χ0v) is 43.3. The number of benzene rings is 4. The summed E-state index contributed by atoms with van der Waals surface area (Å²) in [5, 5.41) is 14.7. The van der Waals surface area contributed by atoms with Gasteiger partial charge in [-0.1, -0.05) is 70.2 Å². The lowest BCUT2D eigenvalue weighted by atomic mass is 9.89. The van der Waals surface area contributed by atoms with E-state index in [4.69, 9.17) is 14.7 Å². The van der Waals surface area contributed by atoms with Gasteiger partial charge in [-0.05, 0) is 129 Å². The van der Waals surface area contributed by atoms with Gasteiger partial charge in [0.15, 0.2) is 11.6 Å². The van der Waals surface area contributed by atoms with Gasteiger partial charge in [0.1, 0.15) is 29.4 Å². The van der Waals surface area contributed by atoms with E-state index < -0.39 is 35.9 Å². The molecular weight excluding hydrogens is 959 g/mol. The molecule has 6 heterocycles. The number of ether oxygens (including phenoxy) is 1. The van der Waals surface area contributed by atoms with Crippen LogP contribution in [0.3, 0.4) is 0 Å². The number of halogens is 2. The molecule has 4 saturated heterocycles. The number of piperidine rings is 1. The molecule has 4 aliphatic heterocycles. The fourth-order valence-electron chi connectivity index (χ4n) is 12.3. The van der Waals surface area contributed by atoms with E-state index >= 15 is 8.78 Å². The first-order valence-corrected chi connectivity index (χ1v) is 26.8. The van der Waals surface area contributed by atoms with Gasteiger partial charge in [-0.2, -0.15) is 0 Å². The molecule has 396 valence electrons. The molecule has 75 heavy (non-hydrogen) atoms. The molecule has 0 radical (unpaired) electrons. The number of nitrogens with zero attached hydrogens (tertiary/aromatic N) is 6. The van der Waals surface area contributed by atoms with E-state index in [0.717, 1.165) is 53.4 Å². The highest BCUT2D eigenvalue weighted by Crippen LogP contribution is 2.49. The highest BCUT2D eigenvalue weighted by molar-refractivity contribution is 5.87. The number of carbonyl (C=O) groups excluding carboxylic acids is 3. The predicted octanol–water partition coefficient (Wildman–Crippen LogP) is 10.6. The second-order valence-corrected chi connectivity index (χ2v) is 21.4. The normalized spacial score (nSPS) is 21.2. The van der Waals surface area contributed by atoms with Crippen molar-refractivity contribution >= 4 is 57.4 Å². The van der Waals surface area contributed by atoms with Crippen LogP contribution in [0, 0.1) is 23.5 Å². The lowest BCUT2D eigenvalue weighted by Crippen LogP contribution is -2.51. The van der Waals surface area contributed by atoms with Crippen LogP contribution in [0.2, 0.25) is 0 Å². The minimum Gasteiger partial charge on any atom is -0.465 e. The van der Waals surface area contributed by atoms with Gasteiger partial charge in [0.05, 0.1) is 52.8 Å². The van der Waals surface area contributed by atoms with Crippen molar-refractivity contribution in [3.8, 4) is 0 Å². The Kier molecular flexibility index (Phi) is 14.7. The molecule has 0 spiro atoms. The summed E-state index contributed by atoms with van der Waals surface area (Å²) < 4.78 is 38.8. The Morgan fingerprint density at radius 2 is 1.16 bits per heavy atom. The molecule has 0 saturated carbocycles. The first kappa shape index (κ1) is 51.3. The minimum absolute atomic E-state index is 0.0101. The zero-order valence-electron chi connectivity index (χ0n) is 43.3. The third-order valence-corrected chi connectivity index (χ3v) is 16.0. The Bertz CT molecular complexity index is 3040. The van der Waals surface area contributed by atoms with Gasteiger partial charge in [0.25, 0.3) is 0 Å². The van der Waals surface area contributed by atoms with Crippen LogP contribution in [0.15, 0.2) is 78.9 Å². The summed E-state index contributed by atoms with van der Waals surface area (Å²) in [7, 11) is 0. The number of aromatic nitrogens is 4. The molecule has 6 aromatic rings. The molecule has 2 aromatic heterocycles. The molecule has 0 aliphatic carbocycles. The quantitative estimate of drug-likeness (QED) is 0.0701. The van der Waals surface area contributed by atoms with E-state index in [2.05, 4.69) is 43.7 Å². The number of amides is 4. The third-order valence-electron chi connectivity index (χ3n) is 16.0. The van der Waals surface area contributed by atoms with Gasteiger partial charge in [0, 0.05) is 31.9 Å². The van der Waals surface area contributed by atoms with Crippen molar-refractivity contribution in [1.29, 1.82) is 0 Å². The summed E-state index contributed by atoms with van der Waals surface area (Å²) in [5.74, 6) is -0.559. The van der Waals surface area contributed by atoms with E-state index in [1.165, 1.54) is 17.7 Å². The van der Waals surface area contributed by atoms with Crippen molar-refractivity contribution in [3.63, 3.8) is 0 Å². The largest absolute Gasteiger partial charge is 0.465 e. The smallest absolute Gasteiger partial charge is 0.407 e. The molecule has 4 aromatic carbocycles. The molecule has 4 aliphatic rings.